The van der Waals surface area contributed by atoms with Crippen molar-refractivity contribution in [2.45, 2.75) is 44.1 Å². The predicted octanol–water partition coefficient (Wildman–Crippen LogP) is 3.80. The molecule has 0 aliphatic heterocycles. The molecule has 0 spiro atoms. The molecule has 1 amide bonds. The van der Waals surface area contributed by atoms with Crippen molar-refractivity contribution in [3.63, 3.8) is 0 Å². The lowest BCUT2D eigenvalue weighted by atomic mass is 9.53. The van der Waals surface area contributed by atoms with Gasteiger partial charge in [-0.15, -0.1) is 0 Å². The van der Waals surface area contributed by atoms with E-state index < -0.39 is 28.9 Å². The Hall–Kier alpha value is -1.52. The second-order valence-corrected chi connectivity index (χ2v) is 7.37. The van der Waals surface area contributed by atoms with Crippen molar-refractivity contribution < 1.29 is 18.0 Å². The van der Waals surface area contributed by atoms with Crippen molar-refractivity contribution in [1.29, 1.82) is 0 Å². The predicted molar refractivity (Wildman–Crippen MR) is 74.7 cm³/mol. The zero-order valence-corrected chi connectivity index (χ0v) is 12.2. The van der Waals surface area contributed by atoms with E-state index in [4.69, 9.17) is 0 Å². The van der Waals surface area contributed by atoms with Crippen LogP contribution in [0.15, 0.2) is 12.1 Å². The smallest absolute Gasteiger partial charge is 0.254 e. The molecule has 4 bridgehead atoms. The van der Waals surface area contributed by atoms with Crippen LogP contribution in [0.2, 0.25) is 0 Å². The Morgan fingerprint density at radius 3 is 2.05 bits per heavy atom. The molecule has 4 fully saturated rings. The fraction of sp³-hybridized carbons (Fsp3) is 0.588. The fourth-order valence-corrected chi connectivity index (χ4v) is 5.27. The number of carbonyl (C=O) groups excluding carboxylic acids is 1. The monoisotopic (exact) mass is 309 g/mol. The molecule has 0 unspecified atom stereocenters. The van der Waals surface area contributed by atoms with Crippen molar-refractivity contribution in [1.82, 2.24) is 5.32 Å². The summed E-state index contributed by atoms with van der Waals surface area (Å²) in [5.41, 5.74) is -0.682. The SMILES string of the molecule is O=C(NC12CC3CC(CC(C3)C1)C2)c1ccc(F)c(F)c1F. The molecule has 4 saturated carbocycles. The van der Waals surface area contributed by atoms with Gasteiger partial charge in [-0.05, 0) is 68.4 Å². The summed E-state index contributed by atoms with van der Waals surface area (Å²) in [7, 11) is 0. The van der Waals surface area contributed by atoms with E-state index >= 15 is 0 Å². The van der Waals surface area contributed by atoms with E-state index in [0.29, 0.717) is 17.8 Å². The van der Waals surface area contributed by atoms with E-state index in [1.807, 2.05) is 0 Å². The minimum absolute atomic E-state index is 0.275. The molecule has 1 aromatic carbocycles. The van der Waals surface area contributed by atoms with Gasteiger partial charge in [-0.2, -0.15) is 0 Å². The van der Waals surface area contributed by atoms with Gasteiger partial charge in [0.2, 0.25) is 0 Å². The molecule has 5 rings (SSSR count). The van der Waals surface area contributed by atoms with Gasteiger partial charge in [-0.3, -0.25) is 4.79 Å². The number of benzene rings is 1. The Balaban J connectivity index is 1.59. The molecular weight excluding hydrogens is 291 g/mol. The number of hydrogen-bond donors (Lipinski definition) is 1. The van der Waals surface area contributed by atoms with Gasteiger partial charge in [0.15, 0.2) is 17.5 Å². The van der Waals surface area contributed by atoms with Gasteiger partial charge in [-0.1, -0.05) is 0 Å². The first kappa shape index (κ1) is 14.1. The highest BCUT2D eigenvalue weighted by molar-refractivity contribution is 5.95. The van der Waals surface area contributed by atoms with Crippen LogP contribution in [0.3, 0.4) is 0 Å². The van der Waals surface area contributed by atoms with E-state index in [0.717, 1.165) is 31.4 Å². The van der Waals surface area contributed by atoms with Crippen LogP contribution < -0.4 is 5.32 Å². The lowest BCUT2D eigenvalue weighted by Gasteiger charge is -2.56. The van der Waals surface area contributed by atoms with Crippen LogP contribution in [0, 0.1) is 35.2 Å². The minimum Gasteiger partial charge on any atom is -0.346 e. The molecule has 4 aliphatic rings. The van der Waals surface area contributed by atoms with Crippen molar-refractivity contribution >= 4 is 5.91 Å². The van der Waals surface area contributed by atoms with Gasteiger partial charge < -0.3 is 5.32 Å². The molecule has 4 aliphatic carbocycles. The summed E-state index contributed by atoms with van der Waals surface area (Å²) in [6.07, 6.45) is 6.47. The summed E-state index contributed by atoms with van der Waals surface area (Å²) in [5.74, 6) is -2.97. The third-order valence-corrected chi connectivity index (χ3v) is 5.70. The molecule has 0 atom stereocenters. The first-order chi connectivity index (χ1) is 10.5. The third kappa shape index (κ3) is 2.13. The summed E-state index contributed by atoms with van der Waals surface area (Å²) in [5, 5.41) is 2.96. The third-order valence-electron chi connectivity index (χ3n) is 5.70. The number of rotatable bonds is 2. The molecule has 1 aromatic rings. The number of hydrogen-bond acceptors (Lipinski definition) is 1. The molecule has 118 valence electrons. The largest absolute Gasteiger partial charge is 0.346 e. The van der Waals surface area contributed by atoms with Crippen molar-refractivity contribution in [3.8, 4) is 0 Å². The molecule has 5 heteroatoms. The number of amides is 1. The molecule has 1 N–H and O–H groups in total. The van der Waals surface area contributed by atoms with Crippen LogP contribution in [0.5, 0.6) is 0 Å². The molecular formula is C17H18F3NO. The van der Waals surface area contributed by atoms with Gasteiger partial charge in [0, 0.05) is 5.54 Å². The zero-order valence-electron chi connectivity index (χ0n) is 12.2. The lowest BCUT2D eigenvalue weighted by molar-refractivity contribution is -0.0167. The first-order valence-electron chi connectivity index (χ1n) is 7.92. The average Bonchev–Trinajstić information content (AvgIpc) is 2.42. The summed E-state index contributed by atoms with van der Waals surface area (Å²) < 4.78 is 40.1. The van der Waals surface area contributed by atoms with E-state index in [1.54, 1.807) is 0 Å². The topological polar surface area (TPSA) is 29.1 Å². The van der Waals surface area contributed by atoms with Gasteiger partial charge in [0.05, 0.1) is 5.56 Å². The lowest BCUT2D eigenvalue weighted by Crippen LogP contribution is -2.59. The van der Waals surface area contributed by atoms with Crippen LogP contribution in [0.25, 0.3) is 0 Å². The molecule has 0 saturated heterocycles. The molecule has 0 aromatic heterocycles. The molecule has 22 heavy (non-hydrogen) atoms. The van der Waals surface area contributed by atoms with E-state index in [2.05, 4.69) is 5.32 Å². The Morgan fingerprint density at radius 1 is 0.955 bits per heavy atom. The molecule has 0 heterocycles. The standard InChI is InChI=1S/C17H18F3NO/c18-13-2-1-12(14(19)15(13)20)16(22)21-17-6-9-3-10(7-17)5-11(4-9)8-17/h1-2,9-11H,3-8H2,(H,21,22). The van der Waals surface area contributed by atoms with Crippen molar-refractivity contribution in [3.05, 3.63) is 35.1 Å². The fourth-order valence-electron chi connectivity index (χ4n) is 5.27. The van der Waals surface area contributed by atoms with Gasteiger partial charge in [0.1, 0.15) is 0 Å². The maximum Gasteiger partial charge on any atom is 0.254 e. The highest BCUT2D eigenvalue weighted by atomic mass is 19.2. The quantitative estimate of drug-likeness (QED) is 0.827. The summed E-state index contributed by atoms with van der Waals surface area (Å²) in [6.45, 7) is 0. The van der Waals surface area contributed by atoms with Gasteiger partial charge in [0.25, 0.3) is 5.91 Å². The second kappa shape index (κ2) is 4.74. The second-order valence-electron chi connectivity index (χ2n) is 7.37. The van der Waals surface area contributed by atoms with E-state index in [1.165, 1.54) is 19.3 Å². The Morgan fingerprint density at radius 2 is 1.50 bits per heavy atom. The van der Waals surface area contributed by atoms with E-state index in [-0.39, 0.29) is 5.54 Å². The van der Waals surface area contributed by atoms with Crippen LogP contribution in [0.4, 0.5) is 13.2 Å². The summed E-state index contributed by atoms with van der Waals surface area (Å²) >= 11 is 0. The van der Waals surface area contributed by atoms with Crippen LogP contribution in [-0.2, 0) is 0 Å². The van der Waals surface area contributed by atoms with Crippen molar-refractivity contribution in [2.75, 3.05) is 0 Å². The highest BCUT2D eigenvalue weighted by Crippen LogP contribution is 2.55. The maximum absolute atomic E-state index is 13.8. The van der Waals surface area contributed by atoms with Crippen molar-refractivity contribution in [2.24, 2.45) is 17.8 Å². The maximum atomic E-state index is 13.8. The minimum atomic E-state index is -1.59. The van der Waals surface area contributed by atoms with Crippen LogP contribution >= 0.6 is 0 Å². The van der Waals surface area contributed by atoms with E-state index in [9.17, 15) is 18.0 Å². The normalized spacial score (nSPS) is 35.7. The van der Waals surface area contributed by atoms with Gasteiger partial charge >= 0.3 is 0 Å². The summed E-state index contributed by atoms with van der Waals surface area (Å²) in [6, 6.07) is 1.82. The first-order valence-corrected chi connectivity index (χ1v) is 7.92. The van der Waals surface area contributed by atoms with Crippen LogP contribution in [0.1, 0.15) is 48.9 Å². The highest BCUT2D eigenvalue weighted by Gasteiger charge is 2.51. The average molecular weight is 309 g/mol. The Kier molecular flexibility index (Phi) is 3.03. The van der Waals surface area contributed by atoms with Crippen LogP contribution in [-0.4, -0.2) is 11.4 Å². The number of nitrogens with one attached hydrogen (secondary N) is 1. The Bertz CT molecular complexity index is 608. The molecule has 0 radical (unpaired) electrons. The zero-order chi connectivity index (χ0) is 15.5. The van der Waals surface area contributed by atoms with Gasteiger partial charge in [-0.25, -0.2) is 13.2 Å². The Labute approximate surface area is 127 Å². The summed E-state index contributed by atoms with van der Waals surface area (Å²) in [4.78, 5) is 12.4. The molecule has 2 nitrogen and oxygen atoms in total. The number of carbonyl (C=O) groups is 1. The number of halogens is 3.